The van der Waals surface area contributed by atoms with E-state index < -0.39 is 5.97 Å². The van der Waals surface area contributed by atoms with Gasteiger partial charge in [0, 0.05) is 23.4 Å². The van der Waals surface area contributed by atoms with Gasteiger partial charge in [-0.25, -0.2) is 4.79 Å². The smallest absolute Gasteiger partial charge is 0.337 e. The van der Waals surface area contributed by atoms with E-state index in [1.807, 2.05) is 6.07 Å². The number of rotatable bonds is 5. The summed E-state index contributed by atoms with van der Waals surface area (Å²) < 4.78 is 5.12. The van der Waals surface area contributed by atoms with Crippen LogP contribution in [0.2, 0.25) is 5.02 Å². The standard InChI is InChI=1S/C15H14ClNO3/c1-20-9-11-12(16)6-4-8-14(11)17-13-7-3-2-5-10(13)15(18)19/h2-8,17H,9H2,1H3,(H,18,19). The molecule has 4 nitrogen and oxygen atoms in total. The Bertz CT molecular complexity index is 628. The quantitative estimate of drug-likeness (QED) is 0.876. The molecule has 0 fully saturated rings. The molecule has 0 aliphatic rings. The summed E-state index contributed by atoms with van der Waals surface area (Å²) in [6, 6.07) is 12.1. The van der Waals surface area contributed by atoms with Gasteiger partial charge in [0.1, 0.15) is 0 Å². The molecule has 0 aromatic heterocycles. The first-order valence-electron chi connectivity index (χ1n) is 5.99. The van der Waals surface area contributed by atoms with E-state index in [-0.39, 0.29) is 5.56 Å². The third-order valence-corrected chi connectivity index (χ3v) is 3.19. The number of nitrogens with one attached hydrogen (secondary N) is 1. The Morgan fingerprint density at radius 2 is 1.90 bits per heavy atom. The van der Waals surface area contributed by atoms with Crippen LogP contribution >= 0.6 is 11.6 Å². The highest BCUT2D eigenvalue weighted by Crippen LogP contribution is 2.29. The van der Waals surface area contributed by atoms with Crippen LogP contribution in [-0.4, -0.2) is 18.2 Å². The molecule has 20 heavy (non-hydrogen) atoms. The van der Waals surface area contributed by atoms with Crippen molar-refractivity contribution >= 4 is 28.9 Å². The number of methoxy groups -OCH3 is 1. The molecule has 5 heteroatoms. The predicted octanol–water partition coefficient (Wildman–Crippen LogP) is 3.93. The molecule has 0 aliphatic heterocycles. The molecule has 0 bridgehead atoms. The summed E-state index contributed by atoms with van der Waals surface area (Å²) in [7, 11) is 1.58. The molecule has 104 valence electrons. The van der Waals surface area contributed by atoms with E-state index in [4.69, 9.17) is 16.3 Å². The van der Waals surface area contributed by atoms with Gasteiger partial charge in [0.2, 0.25) is 0 Å². The molecule has 2 aromatic carbocycles. The monoisotopic (exact) mass is 291 g/mol. The number of ether oxygens (including phenoxy) is 1. The molecule has 0 amide bonds. The van der Waals surface area contributed by atoms with Crippen LogP contribution in [0.3, 0.4) is 0 Å². The van der Waals surface area contributed by atoms with Crippen LogP contribution in [0.5, 0.6) is 0 Å². The third kappa shape index (κ3) is 3.10. The van der Waals surface area contributed by atoms with Crippen molar-refractivity contribution in [3.8, 4) is 0 Å². The van der Waals surface area contributed by atoms with Crippen molar-refractivity contribution in [3.05, 3.63) is 58.6 Å². The number of aromatic carboxylic acids is 1. The van der Waals surface area contributed by atoms with Gasteiger partial charge in [-0.15, -0.1) is 0 Å². The minimum Gasteiger partial charge on any atom is -0.478 e. The van der Waals surface area contributed by atoms with Crippen LogP contribution in [-0.2, 0) is 11.3 Å². The van der Waals surface area contributed by atoms with Crippen molar-refractivity contribution in [1.29, 1.82) is 0 Å². The van der Waals surface area contributed by atoms with E-state index in [0.29, 0.717) is 17.3 Å². The van der Waals surface area contributed by atoms with Crippen molar-refractivity contribution in [2.24, 2.45) is 0 Å². The molecule has 0 unspecified atom stereocenters. The summed E-state index contributed by atoms with van der Waals surface area (Å²) in [5.41, 5.74) is 2.24. The molecule has 0 heterocycles. The van der Waals surface area contributed by atoms with E-state index in [1.54, 1.807) is 43.5 Å². The van der Waals surface area contributed by atoms with E-state index >= 15 is 0 Å². The van der Waals surface area contributed by atoms with Gasteiger partial charge in [0.25, 0.3) is 0 Å². The van der Waals surface area contributed by atoms with Crippen molar-refractivity contribution < 1.29 is 14.6 Å². The Kier molecular flexibility index (Phi) is 4.61. The number of carbonyl (C=O) groups is 1. The first-order valence-corrected chi connectivity index (χ1v) is 6.37. The molecule has 0 spiro atoms. The Morgan fingerprint density at radius 1 is 1.20 bits per heavy atom. The lowest BCUT2D eigenvalue weighted by Crippen LogP contribution is -2.04. The van der Waals surface area contributed by atoms with E-state index in [2.05, 4.69) is 5.32 Å². The largest absolute Gasteiger partial charge is 0.478 e. The van der Waals surface area contributed by atoms with Crippen LogP contribution < -0.4 is 5.32 Å². The Morgan fingerprint density at radius 3 is 2.60 bits per heavy atom. The maximum absolute atomic E-state index is 11.2. The zero-order valence-electron chi connectivity index (χ0n) is 10.9. The van der Waals surface area contributed by atoms with E-state index in [9.17, 15) is 9.90 Å². The molecule has 0 radical (unpaired) electrons. The van der Waals surface area contributed by atoms with Gasteiger partial charge >= 0.3 is 5.97 Å². The van der Waals surface area contributed by atoms with E-state index in [0.717, 1.165) is 11.3 Å². The molecule has 0 atom stereocenters. The zero-order valence-corrected chi connectivity index (χ0v) is 11.6. The highest BCUT2D eigenvalue weighted by atomic mass is 35.5. The Labute approximate surface area is 122 Å². The van der Waals surface area contributed by atoms with Gasteiger partial charge in [-0.3, -0.25) is 0 Å². The molecular formula is C15H14ClNO3. The van der Waals surface area contributed by atoms with Gasteiger partial charge < -0.3 is 15.2 Å². The number of benzene rings is 2. The summed E-state index contributed by atoms with van der Waals surface area (Å²) in [4.78, 5) is 11.2. The topological polar surface area (TPSA) is 58.6 Å². The number of para-hydroxylation sites is 1. The third-order valence-electron chi connectivity index (χ3n) is 2.83. The Hall–Kier alpha value is -2.04. The van der Waals surface area contributed by atoms with Crippen molar-refractivity contribution in [3.63, 3.8) is 0 Å². The van der Waals surface area contributed by atoms with E-state index in [1.165, 1.54) is 0 Å². The van der Waals surface area contributed by atoms with Gasteiger partial charge in [0.05, 0.1) is 17.9 Å². The zero-order chi connectivity index (χ0) is 14.5. The molecule has 0 saturated carbocycles. The number of hydrogen-bond acceptors (Lipinski definition) is 3. The number of carboxylic acids is 1. The first kappa shape index (κ1) is 14.4. The minimum atomic E-state index is -0.983. The highest BCUT2D eigenvalue weighted by molar-refractivity contribution is 6.31. The average molecular weight is 292 g/mol. The molecule has 2 N–H and O–H groups in total. The number of hydrogen-bond donors (Lipinski definition) is 2. The molecule has 2 aromatic rings. The second kappa shape index (κ2) is 6.41. The van der Waals surface area contributed by atoms with Crippen LogP contribution in [0.25, 0.3) is 0 Å². The normalized spacial score (nSPS) is 10.3. The van der Waals surface area contributed by atoms with Gasteiger partial charge in [-0.1, -0.05) is 29.8 Å². The van der Waals surface area contributed by atoms with Crippen molar-refractivity contribution in [2.45, 2.75) is 6.61 Å². The molecular weight excluding hydrogens is 278 g/mol. The SMILES string of the molecule is COCc1c(Cl)cccc1Nc1ccccc1C(=O)O. The average Bonchev–Trinajstić information content (AvgIpc) is 2.43. The van der Waals surface area contributed by atoms with Gasteiger partial charge in [-0.2, -0.15) is 0 Å². The Balaban J connectivity index is 2.40. The summed E-state index contributed by atoms with van der Waals surface area (Å²) in [5.74, 6) is -0.983. The van der Waals surface area contributed by atoms with Crippen LogP contribution in [0.1, 0.15) is 15.9 Å². The van der Waals surface area contributed by atoms with Crippen LogP contribution in [0.15, 0.2) is 42.5 Å². The maximum Gasteiger partial charge on any atom is 0.337 e. The van der Waals surface area contributed by atoms with Crippen molar-refractivity contribution in [2.75, 3.05) is 12.4 Å². The lowest BCUT2D eigenvalue weighted by Gasteiger charge is -2.14. The second-order valence-corrected chi connectivity index (χ2v) is 4.58. The lowest BCUT2D eigenvalue weighted by molar-refractivity contribution is 0.0698. The predicted molar refractivity (Wildman–Crippen MR) is 78.8 cm³/mol. The minimum absolute atomic E-state index is 0.204. The summed E-state index contributed by atoms with van der Waals surface area (Å²) in [5, 5.41) is 12.9. The summed E-state index contributed by atoms with van der Waals surface area (Å²) in [6.07, 6.45) is 0. The van der Waals surface area contributed by atoms with Crippen molar-refractivity contribution in [1.82, 2.24) is 0 Å². The molecule has 2 rings (SSSR count). The second-order valence-electron chi connectivity index (χ2n) is 4.17. The lowest BCUT2D eigenvalue weighted by atomic mass is 10.1. The molecule has 0 saturated heterocycles. The van der Waals surface area contributed by atoms with Crippen LogP contribution in [0.4, 0.5) is 11.4 Å². The fourth-order valence-electron chi connectivity index (χ4n) is 1.89. The van der Waals surface area contributed by atoms with Gasteiger partial charge in [-0.05, 0) is 24.3 Å². The first-order chi connectivity index (χ1) is 9.63. The maximum atomic E-state index is 11.2. The summed E-state index contributed by atoms with van der Waals surface area (Å²) in [6.45, 7) is 0.344. The van der Waals surface area contributed by atoms with Crippen LogP contribution in [0, 0.1) is 0 Å². The fraction of sp³-hybridized carbons (Fsp3) is 0.133. The molecule has 0 aliphatic carbocycles. The highest BCUT2D eigenvalue weighted by Gasteiger charge is 2.12. The fourth-order valence-corrected chi connectivity index (χ4v) is 2.12. The summed E-state index contributed by atoms with van der Waals surface area (Å²) >= 11 is 6.14. The van der Waals surface area contributed by atoms with Gasteiger partial charge in [0.15, 0.2) is 0 Å². The number of halogens is 1. The number of anilines is 2. The number of carboxylic acid groups (broad SMARTS) is 1.